The van der Waals surface area contributed by atoms with Crippen LogP contribution in [0.25, 0.3) is 11.2 Å². The minimum absolute atomic E-state index is 0.0611. The number of methoxy groups -OCH3 is 2. The van der Waals surface area contributed by atoms with E-state index in [2.05, 4.69) is 53.7 Å². The zero-order valence-electron chi connectivity index (χ0n) is 44.8. The summed E-state index contributed by atoms with van der Waals surface area (Å²) in [5.41, 5.74) is 3.57. The van der Waals surface area contributed by atoms with Crippen molar-refractivity contribution in [3.05, 3.63) is 174 Å². The number of fused-ring (bicyclic) bond motifs is 1. The number of halogens is 2. The number of hydrogen-bond donors (Lipinski definition) is 1. The van der Waals surface area contributed by atoms with Crippen molar-refractivity contribution in [2.75, 3.05) is 51.5 Å². The van der Waals surface area contributed by atoms with Gasteiger partial charge in [0.2, 0.25) is 0 Å². The van der Waals surface area contributed by atoms with Crippen LogP contribution in [0.1, 0.15) is 73.0 Å². The van der Waals surface area contributed by atoms with E-state index in [9.17, 15) is 14.9 Å². The molecule has 5 aromatic carbocycles. The largest absolute Gasteiger partial charge is 0.497 e. The quantitative estimate of drug-likeness (QED) is 0.0177. The van der Waals surface area contributed by atoms with Crippen LogP contribution in [0.3, 0.4) is 0 Å². The van der Waals surface area contributed by atoms with E-state index in [1.165, 1.54) is 11.2 Å². The molecule has 1 fully saturated rings. The maximum absolute atomic E-state index is 13.5. The van der Waals surface area contributed by atoms with E-state index in [-0.39, 0.29) is 56.8 Å². The second-order valence-corrected chi connectivity index (χ2v) is 21.3. The molecule has 21 heteroatoms. The fourth-order valence-corrected chi connectivity index (χ4v) is 11.4. The number of alkyl halides is 2. The van der Waals surface area contributed by atoms with Gasteiger partial charge in [-0.3, -0.25) is 14.2 Å². The van der Waals surface area contributed by atoms with E-state index < -0.39 is 49.4 Å². The highest BCUT2D eigenvalue weighted by Crippen LogP contribution is 2.52. The molecule has 7 aromatic rings. The molecule has 2 aromatic heterocycles. The van der Waals surface area contributed by atoms with E-state index in [4.69, 9.17) is 65.7 Å². The second kappa shape index (κ2) is 27.5. The Kier molecular flexibility index (Phi) is 20.4. The molecule has 0 spiro atoms. The van der Waals surface area contributed by atoms with Crippen molar-refractivity contribution < 1.29 is 47.1 Å². The lowest BCUT2D eigenvalue weighted by molar-refractivity contribution is -0.141. The summed E-state index contributed by atoms with van der Waals surface area (Å²) in [7, 11) is 2.91. The number of ether oxygens (including phenoxy) is 6. The van der Waals surface area contributed by atoms with Gasteiger partial charge in [-0.15, -0.1) is 0 Å². The molecule has 0 bridgehead atoms. The van der Waals surface area contributed by atoms with Gasteiger partial charge in [-0.05, 0) is 98.5 Å². The Morgan fingerprint density at radius 1 is 0.810 bits per heavy atom. The second-order valence-electron chi connectivity index (χ2n) is 18.8. The van der Waals surface area contributed by atoms with Gasteiger partial charge in [0.1, 0.15) is 48.5 Å². The van der Waals surface area contributed by atoms with Crippen molar-refractivity contribution >= 4 is 66.2 Å². The van der Waals surface area contributed by atoms with Gasteiger partial charge in [-0.25, -0.2) is 19.6 Å². The van der Waals surface area contributed by atoms with Gasteiger partial charge in [0.25, 0.3) is 20.3 Å². The zero-order chi connectivity index (χ0) is 56.1. The summed E-state index contributed by atoms with van der Waals surface area (Å²) in [4.78, 5) is 40.1. The summed E-state index contributed by atoms with van der Waals surface area (Å²) in [5, 5.41) is 12.6. The number of nitrogens with one attached hydrogen (secondary N) is 1. The first kappa shape index (κ1) is 58.6. The minimum atomic E-state index is -1.93. The first-order chi connectivity index (χ1) is 38.3. The third kappa shape index (κ3) is 13.7. The molecule has 0 aliphatic carbocycles. The lowest BCUT2D eigenvalue weighted by Crippen LogP contribution is -2.43. The van der Waals surface area contributed by atoms with Crippen molar-refractivity contribution in [3.63, 3.8) is 0 Å². The molecule has 8 rings (SSSR count). The van der Waals surface area contributed by atoms with Gasteiger partial charge >= 0.3 is 0 Å². The number of hydrogen-bond acceptors (Lipinski definition) is 15. The van der Waals surface area contributed by atoms with Gasteiger partial charge in [0, 0.05) is 30.4 Å². The maximum atomic E-state index is 13.5. The molecule has 5 atom stereocenters. The van der Waals surface area contributed by atoms with E-state index >= 15 is 0 Å². The molecule has 3 heterocycles. The van der Waals surface area contributed by atoms with Crippen LogP contribution in [0.4, 0.5) is 11.5 Å². The van der Waals surface area contributed by atoms with Crippen LogP contribution in [0.2, 0.25) is 0 Å². The first-order valence-corrected chi connectivity index (χ1v) is 27.5. The van der Waals surface area contributed by atoms with Crippen molar-refractivity contribution in [1.29, 1.82) is 5.26 Å². The van der Waals surface area contributed by atoms with Crippen LogP contribution in [-0.2, 0) is 45.0 Å². The SMILES string of the molecule is COc1ccc(C(OC[C@H]2O[C@@H](n3cnc4c(NC(=O)c5ccccc5)ncnc43)[C@H](OCOCc3ccc(N(C)C(=O)C(Cl)Cl)cc3)[C@@H]2OP(OCCC#N)N(C(C)C)C(C)C)(c2ccccc2)c2ccc(OC)cc2)cc1. The molecule has 18 nitrogen and oxygen atoms in total. The number of anilines is 2. The number of aromatic nitrogens is 4. The van der Waals surface area contributed by atoms with E-state index in [0.29, 0.717) is 33.9 Å². The zero-order valence-corrected chi connectivity index (χ0v) is 47.3. The Bertz CT molecular complexity index is 3060. The van der Waals surface area contributed by atoms with Crippen LogP contribution >= 0.6 is 31.7 Å². The first-order valence-electron chi connectivity index (χ1n) is 25.5. The molecular formula is C58H63Cl2N8O10P. The topological polar surface area (TPSA) is 194 Å². The normalized spacial score (nSPS) is 16.9. The van der Waals surface area contributed by atoms with Gasteiger partial charge in [-0.1, -0.05) is 108 Å². The maximum Gasteiger partial charge on any atom is 0.260 e. The Hall–Kier alpha value is -6.59. The Labute approximate surface area is 471 Å². The highest BCUT2D eigenvalue weighted by molar-refractivity contribution is 7.44. The Morgan fingerprint density at radius 2 is 1.42 bits per heavy atom. The van der Waals surface area contributed by atoms with Crippen LogP contribution in [0.5, 0.6) is 11.5 Å². The highest BCUT2D eigenvalue weighted by Gasteiger charge is 2.52. The summed E-state index contributed by atoms with van der Waals surface area (Å²) in [6, 6.07) is 43.4. The number of nitrogens with zero attached hydrogens (tertiary/aromatic N) is 7. The van der Waals surface area contributed by atoms with E-state index in [1.54, 1.807) is 68.6 Å². The Balaban J connectivity index is 1.23. The average molecular weight is 1130 g/mol. The van der Waals surface area contributed by atoms with Crippen molar-refractivity contribution in [2.24, 2.45) is 0 Å². The molecule has 414 valence electrons. The summed E-state index contributed by atoms with van der Waals surface area (Å²) >= 11 is 11.7. The number of carbonyl (C=O) groups excluding carboxylic acids is 2. The van der Waals surface area contributed by atoms with Gasteiger partial charge < -0.3 is 47.7 Å². The number of amides is 2. The van der Waals surface area contributed by atoms with Crippen LogP contribution < -0.4 is 19.7 Å². The number of benzene rings is 5. The monoisotopic (exact) mass is 1130 g/mol. The molecule has 79 heavy (non-hydrogen) atoms. The summed E-state index contributed by atoms with van der Waals surface area (Å²) in [6.45, 7) is 8.09. The van der Waals surface area contributed by atoms with Crippen LogP contribution in [-0.4, -0.2) is 113 Å². The van der Waals surface area contributed by atoms with Crippen molar-refractivity contribution in [2.45, 2.75) is 87.8 Å². The molecule has 1 aliphatic rings. The number of rotatable bonds is 26. The molecule has 1 unspecified atom stereocenters. The smallest absolute Gasteiger partial charge is 0.260 e. The van der Waals surface area contributed by atoms with Gasteiger partial charge in [-0.2, -0.15) is 5.26 Å². The molecule has 1 aliphatic heterocycles. The standard InChI is InChI=1S/C58H63Cl2N8O10P/c1-38(2)68(39(3)4)79(76-32-14-31-61)78-50-48(34-75-58(42-17-12-9-13-18-42,43-21-27-46(71-6)28-22-43)44-23-29-47(72-7)30-24-44)77-57(51(50)74-37-73-33-40-19-25-45(26-20-40)66(5)56(70)52(59)60)67-36-64-49-53(62-35-63-54(49)67)65-55(69)41-15-10-8-11-16-41/h8-13,15-30,35-36,38-39,48,50-52,57H,14,32-34,37H2,1-7H3,(H,62,63,65,69)/t48-,50-,51-,57-,79?/m1/s1. The fourth-order valence-electron chi connectivity index (χ4n) is 9.33. The van der Waals surface area contributed by atoms with E-state index in [1.807, 2.05) is 97.1 Å². The molecule has 2 amide bonds. The molecule has 0 saturated carbocycles. The van der Waals surface area contributed by atoms with Gasteiger partial charge in [0.15, 0.2) is 28.0 Å². The third-order valence-electron chi connectivity index (χ3n) is 13.2. The summed E-state index contributed by atoms with van der Waals surface area (Å²) in [5.74, 6) is 0.661. The Morgan fingerprint density at radius 3 is 2.00 bits per heavy atom. The predicted molar refractivity (Wildman–Crippen MR) is 302 cm³/mol. The lowest BCUT2D eigenvalue weighted by Gasteiger charge is -2.39. The van der Waals surface area contributed by atoms with Crippen LogP contribution in [0.15, 0.2) is 146 Å². The lowest BCUT2D eigenvalue weighted by atomic mass is 9.80. The summed E-state index contributed by atoms with van der Waals surface area (Å²) in [6.07, 6.45) is -0.905. The third-order valence-corrected chi connectivity index (χ3v) is 15.7. The molecule has 1 saturated heterocycles. The van der Waals surface area contributed by atoms with Crippen molar-refractivity contribution in [3.8, 4) is 17.6 Å². The molecule has 0 radical (unpaired) electrons. The van der Waals surface area contributed by atoms with Crippen molar-refractivity contribution in [1.82, 2.24) is 24.2 Å². The fraction of sp³-hybridized carbons (Fsp3) is 0.345. The molecular weight excluding hydrogens is 1070 g/mol. The number of carbonyl (C=O) groups is 2. The number of nitriles is 1. The average Bonchev–Trinajstić information content (AvgIpc) is 4.11. The predicted octanol–water partition coefficient (Wildman–Crippen LogP) is 11.0. The van der Waals surface area contributed by atoms with Crippen LogP contribution in [0, 0.1) is 11.3 Å². The highest BCUT2D eigenvalue weighted by atomic mass is 35.5. The summed E-state index contributed by atoms with van der Waals surface area (Å²) < 4.78 is 56.9. The minimum Gasteiger partial charge on any atom is -0.497 e. The number of imidazole rings is 1. The van der Waals surface area contributed by atoms with Gasteiger partial charge in [0.05, 0.1) is 52.9 Å². The molecule has 1 N–H and O–H groups in total. The van der Waals surface area contributed by atoms with E-state index in [0.717, 1.165) is 22.3 Å².